The molecule has 0 saturated heterocycles. The van der Waals surface area contributed by atoms with E-state index in [-0.39, 0.29) is 11.8 Å². The molecule has 0 fully saturated rings. The molecule has 0 aliphatic heterocycles. The van der Waals surface area contributed by atoms with Gasteiger partial charge >= 0.3 is 0 Å². The first-order chi connectivity index (χ1) is 14.3. The Morgan fingerprint density at radius 3 is 2.23 bits per heavy atom. The molecule has 0 saturated carbocycles. The molecule has 5 nitrogen and oxygen atoms in total. The number of nitrogens with one attached hydrogen (secondary N) is 2. The van der Waals surface area contributed by atoms with Crippen molar-refractivity contribution in [3.63, 3.8) is 0 Å². The van der Waals surface area contributed by atoms with E-state index in [1.54, 1.807) is 61.5 Å². The number of amides is 2. The van der Waals surface area contributed by atoms with Crippen molar-refractivity contribution in [1.29, 1.82) is 0 Å². The van der Waals surface area contributed by atoms with Crippen LogP contribution in [0.1, 0.15) is 22.8 Å². The van der Waals surface area contributed by atoms with Crippen molar-refractivity contribution < 1.29 is 14.3 Å². The van der Waals surface area contributed by atoms with Crippen LogP contribution in [0.2, 0.25) is 5.02 Å². The summed E-state index contributed by atoms with van der Waals surface area (Å²) < 4.78 is 6.65. The zero-order valence-electron chi connectivity index (χ0n) is 16.4. The molecule has 0 radical (unpaired) electrons. The Labute approximate surface area is 193 Å². The van der Waals surface area contributed by atoms with E-state index in [1.165, 1.54) is 0 Å². The molecule has 0 heterocycles. The number of para-hydroxylation sites is 1. The molecule has 3 aromatic rings. The minimum atomic E-state index is -0.728. The maximum absolute atomic E-state index is 12.4. The molecule has 1 atom stereocenters. The molecule has 0 aromatic heterocycles. The molecule has 154 valence electrons. The summed E-state index contributed by atoms with van der Waals surface area (Å²) in [6.07, 6.45) is -0.728. The number of aryl methyl sites for hydroxylation is 1. The second kappa shape index (κ2) is 9.95. The average Bonchev–Trinajstić information content (AvgIpc) is 2.73. The van der Waals surface area contributed by atoms with Crippen LogP contribution in [0.3, 0.4) is 0 Å². The third-order valence-electron chi connectivity index (χ3n) is 4.35. The highest BCUT2D eigenvalue weighted by Gasteiger charge is 2.16. The Hall–Kier alpha value is -2.58. The van der Waals surface area contributed by atoms with Crippen LogP contribution in [0.15, 0.2) is 66.7 Å². The summed E-state index contributed by atoms with van der Waals surface area (Å²) in [6, 6.07) is 19.4. The van der Waals surface area contributed by atoms with Gasteiger partial charge in [-0.3, -0.25) is 9.59 Å². The van der Waals surface area contributed by atoms with Crippen LogP contribution in [-0.4, -0.2) is 17.9 Å². The number of hydrogen-bond acceptors (Lipinski definition) is 3. The van der Waals surface area contributed by atoms with Crippen LogP contribution in [-0.2, 0) is 4.79 Å². The van der Waals surface area contributed by atoms with E-state index in [2.05, 4.69) is 33.2 Å². The standard InChI is InChI=1S/C23H20ClIN2O3/c1-14-7-8-16(13-20(14)25)23(29)27-18-11-9-17(10-12-18)26-22(28)15(2)30-21-6-4-3-5-19(21)24/h3-13,15H,1-2H3,(H,26,28)(H,27,29). The van der Waals surface area contributed by atoms with Crippen LogP contribution in [0, 0.1) is 10.5 Å². The quantitative estimate of drug-likeness (QED) is 0.386. The Morgan fingerprint density at radius 1 is 0.967 bits per heavy atom. The van der Waals surface area contributed by atoms with E-state index in [0.29, 0.717) is 27.7 Å². The zero-order chi connectivity index (χ0) is 21.7. The van der Waals surface area contributed by atoms with Crippen LogP contribution >= 0.6 is 34.2 Å². The van der Waals surface area contributed by atoms with Crippen LogP contribution < -0.4 is 15.4 Å². The largest absolute Gasteiger partial charge is 0.479 e. The predicted molar refractivity (Wildman–Crippen MR) is 128 cm³/mol. The molecule has 1 unspecified atom stereocenters. The lowest BCUT2D eigenvalue weighted by atomic mass is 10.1. The second-order valence-electron chi connectivity index (χ2n) is 6.68. The van der Waals surface area contributed by atoms with Gasteiger partial charge in [0.15, 0.2) is 6.10 Å². The van der Waals surface area contributed by atoms with E-state index in [9.17, 15) is 9.59 Å². The Kier molecular flexibility index (Phi) is 7.33. The normalized spacial score (nSPS) is 11.5. The molecule has 2 N–H and O–H groups in total. The minimum Gasteiger partial charge on any atom is -0.479 e. The summed E-state index contributed by atoms with van der Waals surface area (Å²) in [7, 11) is 0. The van der Waals surface area contributed by atoms with Gasteiger partial charge in [0.25, 0.3) is 11.8 Å². The van der Waals surface area contributed by atoms with Crippen molar-refractivity contribution in [1.82, 2.24) is 0 Å². The van der Waals surface area contributed by atoms with E-state index in [4.69, 9.17) is 16.3 Å². The number of carbonyl (C=O) groups excluding carboxylic acids is 2. The highest BCUT2D eigenvalue weighted by atomic mass is 127. The first kappa shape index (κ1) is 22.1. The molecule has 0 aliphatic carbocycles. The lowest BCUT2D eigenvalue weighted by Crippen LogP contribution is -2.30. The molecule has 30 heavy (non-hydrogen) atoms. The summed E-state index contributed by atoms with van der Waals surface area (Å²) in [6.45, 7) is 3.65. The van der Waals surface area contributed by atoms with Gasteiger partial charge in [0, 0.05) is 20.5 Å². The van der Waals surface area contributed by atoms with Gasteiger partial charge in [-0.25, -0.2) is 0 Å². The van der Waals surface area contributed by atoms with E-state index in [1.807, 2.05) is 19.1 Å². The maximum atomic E-state index is 12.4. The summed E-state index contributed by atoms with van der Waals surface area (Å²) in [4.78, 5) is 24.8. The monoisotopic (exact) mass is 534 g/mol. The van der Waals surface area contributed by atoms with Crippen LogP contribution in [0.5, 0.6) is 5.75 Å². The highest BCUT2D eigenvalue weighted by Crippen LogP contribution is 2.24. The fraction of sp³-hybridized carbons (Fsp3) is 0.130. The van der Waals surface area contributed by atoms with Gasteiger partial charge in [-0.15, -0.1) is 0 Å². The summed E-state index contributed by atoms with van der Waals surface area (Å²) in [5.41, 5.74) is 2.94. The van der Waals surface area contributed by atoms with E-state index < -0.39 is 6.10 Å². The first-order valence-corrected chi connectivity index (χ1v) is 10.7. The van der Waals surface area contributed by atoms with Gasteiger partial charge in [0.05, 0.1) is 5.02 Å². The van der Waals surface area contributed by atoms with Crippen LogP contribution in [0.4, 0.5) is 11.4 Å². The molecule has 0 bridgehead atoms. The van der Waals surface area contributed by atoms with Crippen molar-refractivity contribution in [2.45, 2.75) is 20.0 Å². The fourth-order valence-corrected chi connectivity index (χ4v) is 3.30. The van der Waals surface area contributed by atoms with Crippen LogP contribution in [0.25, 0.3) is 0 Å². The van der Waals surface area contributed by atoms with Gasteiger partial charge in [-0.05, 0) is 90.5 Å². The SMILES string of the molecule is Cc1ccc(C(=O)Nc2ccc(NC(=O)C(C)Oc3ccccc3Cl)cc2)cc1I. The highest BCUT2D eigenvalue weighted by molar-refractivity contribution is 14.1. The molecular weight excluding hydrogens is 515 g/mol. The van der Waals surface area contributed by atoms with Crippen molar-refractivity contribution >= 4 is 57.4 Å². The molecule has 0 spiro atoms. The van der Waals surface area contributed by atoms with Crippen molar-refractivity contribution in [2.24, 2.45) is 0 Å². The number of anilines is 2. The smallest absolute Gasteiger partial charge is 0.265 e. The van der Waals surface area contributed by atoms with Crippen molar-refractivity contribution in [3.8, 4) is 5.75 Å². The van der Waals surface area contributed by atoms with Gasteiger partial charge in [-0.1, -0.05) is 29.8 Å². The predicted octanol–water partition coefficient (Wildman–Crippen LogP) is 5.91. The number of halogens is 2. The fourth-order valence-electron chi connectivity index (χ4n) is 2.60. The molecule has 0 aliphatic rings. The van der Waals surface area contributed by atoms with Gasteiger partial charge in [0.1, 0.15) is 5.75 Å². The number of benzene rings is 3. The number of carbonyl (C=O) groups is 2. The Morgan fingerprint density at radius 2 is 1.60 bits per heavy atom. The average molecular weight is 535 g/mol. The summed E-state index contributed by atoms with van der Waals surface area (Å²) >= 11 is 8.27. The zero-order valence-corrected chi connectivity index (χ0v) is 19.3. The third-order valence-corrected chi connectivity index (χ3v) is 5.83. The topological polar surface area (TPSA) is 67.4 Å². The van der Waals surface area contributed by atoms with Gasteiger partial charge in [0.2, 0.25) is 0 Å². The molecule has 3 aromatic carbocycles. The van der Waals surface area contributed by atoms with Gasteiger partial charge in [-0.2, -0.15) is 0 Å². The summed E-state index contributed by atoms with van der Waals surface area (Å²) in [5, 5.41) is 6.08. The number of rotatable bonds is 6. The maximum Gasteiger partial charge on any atom is 0.265 e. The minimum absolute atomic E-state index is 0.188. The molecule has 3 rings (SSSR count). The Balaban J connectivity index is 1.58. The molecule has 2 amide bonds. The first-order valence-electron chi connectivity index (χ1n) is 9.23. The Bertz CT molecular complexity index is 1070. The van der Waals surface area contributed by atoms with Crippen molar-refractivity contribution in [3.05, 3.63) is 86.4 Å². The summed E-state index contributed by atoms with van der Waals surface area (Å²) in [5.74, 6) is -0.0435. The third kappa shape index (κ3) is 5.73. The van der Waals surface area contributed by atoms with Crippen molar-refractivity contribution in [2.75, 3.05) is 10.6 Å². The molecular formula is C23H20ClIN2O3. The van der Waals surface area contributed by atoms with E-state index >= 15 is 0 Å². The molecule has 7 heteroatoms. The van der Waals surface area contributed by atoms with E-state index in [0.717, 1.165) is 9.13 Å². The number of ether oxygens (including phenoxy) is 1. The number of hydrogen-bond donors (Lipinski definition) is 2. The second-order valence-corrected chi connectivity index (χ2v) is 8.24. The van der Waals surface area contributed by atoms with Gasteiger partial charge < -0.3 is 15.4 Å². The lowest BCUT2D eigenvalue weighted by molar-refractivity contribution is -0.122. The lowest BCUT2D eigenvalue weighted by Gasteiger charge is -2.15.